The maximum Gasteiger partial charge on any atom is 0.245 e. The summed E-state index contributed by atoms with van der Waals surface area (Å²) in [5.74, 6) is -0.206. The molecule has 0 N–H and O–H groups in total. The number of halogens is 1. The molecule has 1 amide bonds. The Morgan fingerprint density at radius 3 is 2.50 bits per heavy atom. The minimum Gasteiger partial charge on any atom is -0.314 e. The molecule has 0 bridgehead atoms. The Morgan fingerprint density at radius 1 is 1.17 bits per heavy atom. The number of nitrogens with zero attached hydrogens (tertiary/aromatic N) is 1. The summed E-state index contributed by atoms with van der Waals surface area (Å²) in [5.41, 5.74) is 0.617. The molecule has 2 aliphatic rings. The first-order chi connectivity index (χ1) is 8.56. The summed E-state index contributed by atoms with van der Waals surface area (Å²) in [4.78, 5) is 25.3. The molecule has 1 heterocycles. The summed E-state index contributed by atoms with van der Waals surface area (Å²) in [6.07, 6.45) is 6.10. The van der Waals surface area contributed by atoms with Gasteiger partial charge in [-0.15, -0.1) is 0 Å². The van der Waals surface area contributed by atoms with Crippen LogP contribution in [-0.4, -0.2) is 18.7 Å². The zero-order valence-corrected chi connectivity index (χ0v) is 10.4. The lowest BCUT2D eigenvalue weighted by molar-refractivity contribution is -0.120. The lowest BCUT2D eigenvalue weighted by Gasteiger charge is -2.22. The minimum atomic E-state index is -0.920. The van der Waals surface area contributed by atoms with Crippen LogP contribution in [0.15, 0.2) is 42.5 Å². The van der Waals surface area contributed by atoms with Gasteiger partial charge in [0, 0.05) is 23.3 Å². The van der Waals surface area contributed by atoms with Gasteiger partial charge in [-0.05, 0) is 24.3 Å². The molecular formula is C14H10ClNO2. The first-order valence-electron chi connectivity index (χ1n) is 5.56. The fourth-order valence-electron chi connectivity index (χ4n) is 2.54. The average Bonchev–Trinajstić information content (AvgIpc) is 2.57. The van der Waals surface area contributed by atoms with Crippen molar-refractivity contribution in [2.75, 3.05) is 11.9 Å². The van der Waals surface area contributed by atoms with Gasteiger partial charge >= 0.3 is 0 Å². The number of allylic oxidation sites excluding steroid dienone is 2. The van der Waals surface area contributed by atoms with Crippen LogP contribution in [0.3, 0.4) is 0 Å². The first-order valence-corrected chi connectivity index (χ1v) is 5.94. The van der Waals surface area contributed by atoms with Gasteiger partial charge in [-0.3, -0.25) is 9.59 Å². The lowest BCUT2D eigenvalue weighted by Crippen LogP contribution is -2.36. The lowest BCUT2D eigenvalue weighted by atomic mass is 9.78. The number of ketones is 1. The Bertz CT molecular complexity index is 615. The van der Waals surface area contributed by atoms with Gasteiger partial charge in [0.25, 0.3) is 0 Å². The van der Waals surface area contributed by atoms with Gasteiger partial charge in [0.1, 0.15) is 5.41 Å². The second kappa shape index (κ2) is 3.56. The van der Waals surface area contributed by atoms with E-state index in [0.29, 0.717) is 5.02 Å². The Labute approximate surface area is 109 Å². The molecule has 0 saturated carbocycles. The van der Waals surface area contributed by atoms with E-state index < -0.39 is 5.41 Å². The highest BCUT2D eigenvalue weighted by atomic mass is 35.5. The van der Waals surface area contributed by atoms with Crippen LogP contribution < -0.4 is 4.90 Å². The number of hydrogen-bond acceptors (Lipinski definition) is 2. The molecule has 1 aromatic rings. The fraction of sp³-hybridized carbons (Fsp3) is 0.143. The number of anilines is 1. The van der Waals surface area contributed by atoms with Crippen LogP contribution in [0, 0.1) is 0 Å². The molecular weight excluding hydrogens is 250 g/mol. The van der Waals surface area contributed by atoms with E-state index in [1.54, 1.807) is 30.2 Å². The third-order valence-electron chi connectivity index (χ3n) is 3.45. The molecule has 0 unspecified atom stereocenters. The molecule has 1 aromatic carbocycles. The number of likely N-dealkylation sites (N-methyl/N-ethyl adjacent to an activating group) is 1. The van der Waals surface area contributed by atoms with Crippen molar-refractivity contribution in [1.82, 2.24) is 0 Å². The van der Waals surface area contributed by atoms with Crippen LogP contribution in [0.25, 0.3) is 0 Å². The highest BCUT2D eigenvalue weighted by Gasteiger charge is 2.48. The van der Waals surface area contributed by atoms with Crippen molar-refractivity contribution in [1.29, 1.82) is 0 Å². The van der Waals surface area contributed by atoms with E-state index in [4.69, 9.17) is 11.6 Å². The highest BCUT2D eigenvalue weighted by Crippen LogP contribution is 2.47. The van der Waals surface area contributed by atoms with E-state index in [1.807, 2.05) is 12.1 Å². The third-order valence-corrected chi connectivity index (χ3v) is 3.76. The molecule has 1 aliphatic carbocycles. The standard InChI is InChI=1S/C14H10ClNO2/c1-16-11-4-2-3-10(15)12(11)14(13(16)18)7-5-9(17)6-8-14/h2-8H,1H3. The van der Waals surface area contributed by atoms with Gasteiger partial charge in [0.2, 0.25) is 5.91 Å². The van der Waals surface area contributed by atoms with Crippen molar-refractivity contribution >= 4 is 29.0 Å². The summed E-state index contributed by atoms with van der Waals surface area (Å²) in [6.45, 7) is 0. The van der Waals surface area contributed by atoms with Gasteiger partial charge in [-0.1, -0.05) is 29.8 Å². The molecule has 0 aromatic heterocycles. The van der Waals surface area contributed by atoms with Crippen molar-refractivity contribution in [3.63, 3.8) is 0 Å². The van der Waals surface area contributed by atoms with Crippen LogP contribution >= 0.6 is 11.6 Å². The zero-order chi connectivity index (χ0) is 12.9. The number of carbonyl (C=O) groups is 2. The Balaban J connectivity index is 2.31. The maximum absolute atomic E-state index is 12.5. The van der Waals surface area contributed by atoms with Crippen molar-refractivity contribution in [2.45, 2.75) is 5.41 Å². The molecule has 3 rings (SSSR count). The van der Waals surface area contributed by atoms with Crippen LogP contribution in [0.5, 0.6) is 0 Å². The van der Waals surface area contributed by atoms with Crippen molar-refractivity contribution < 1.29 is 9.59 Å². The van der Waals surface area contributed by atoms with Gasteiger partial charge in [-0.2, -0.15) is 0 Å². The monoisotopic (exact) mass is 259 g/mol. The normalized spacial score (nSPS) is 19.8. The van der Waals surface area contributed by atoms with Crippen LogP contribution in [0.1, 0.15) is 5.56 Å². The molecule has 4 heteroatoms. The Morgan fingerprint density at radius 2 is 1.83 bits per heavy atom. The maximum atomic E-state index is 12.5. The molecule has 3 nitrogen and oxygen atoms in total. The third kappa shape index (κ3) is 1.25. The minimum absolute atomic E-state index is 0.0920. The summed E-state index contributed by atoms with van der Waals surface area (Å²) in [6, 6.07) is 5.42. The van der Waals surface area contributed by atoms with E-state index in [2.05, 4.69) is 0 Å². The molecule has 0 fully saturated rings. The Hall–Kier alpha value is -1.87. The van der Waals surface area contributed by atoms with Gasteiger partial charge < -0.3 is 4.90 Å². The predicted octanol–water partition coefficient (Wildman–Crippen LogP) is 2.25. The van der Waals surface area contributed by atoms with Crippen LogP contribution in [-0.2, 0) is 15.0 Å². The number of hydrogen-bond donors (Lipinski definition) is 0. The van der Waals surface area contributed by atoms with Crippen molar-refractivity contribution in [3.8, 4) is 0 Å². The summed E-state index contributed by atoms with van der Waals surface area (Å²) >= 11 is 6.23. The number of amides is 1. The van der Waals surface area contributed by atoms with Crippen molar-refractivity contribution in [3.05, 3.63) is 53.1 Å². The summed E-state index contributed by atoms with van der Waals surface area (Å²) in [7, 11) is 1.71. The molecule has 0 atom stereocenters. The summed E-state index contributed by atoms with van der Waals surface area (Å²) < 4.78 is 0. The summed E-state index contributed by atoms with van der Waals surface area (Å²) in [5, 5.41) is 0.536. The predicted molar refractivity (Wildman–Crippen MR) is 69.8 cm³/mol. The molecule has 1 aliphatic heterocycles. The molecule has 0 saturated heterocycles. The molecule has 90 valence electrons. The Kier molecular flexibility index (Phi) is 2.22. The number of fused-ring (bicyclic) bond motifs is 2. The van der Waals surface area contributed by atoms with E-state index in [0.717, 1.165) is 11.3 Å². The molecule has 18 heavy (non-hydrogen) atoms. The second-order valence-corrected chi connectivity index (χ2v) is 4.84. The average molecular weight is 260 g/mol. The topological polar surface area (TPSA) is 37.4 Å². The van der Waals surface area contributed by atoms with Crippen molar-refractivity contribution in [2.24, 2.45) is 0 Å². The van der Waals surface area contributed by atoms with E-state index in [-0.39, 0.29) is 11.7 Å². The molecule has 0 radical (unpaired) electrons. The smallest absolute Gasteiger partial charge is 0.245 e. The zero-order valence-electron chi connectivity index (χ0n) is 9.68. The van der Waals surface area contributed by atoms with E-state index in [1.165, 1.54) is 12.2 Å². The number of carbonyl (C=O) groups excluding carboxylic acids is 2. The van der Waals surface area contributed by atoms with Gasteiger partial charge in [0.15, 0.2) is 5.78 Å². The SMILES string of the molecule is CN1C(=O)C2(C=CC(=O)C=C2)c2c(Cl)cccc21. The quantitative estimate of drug-likeness (QED) is 0.717. The first kappa shape index (κ1) is 11.2. The second-order valence-electron chi connectivity index (χ2n) is 4.44. The number of benzene rings is 1. The van der Waals surface area contributed by atoms with Crippen LogP contribution in [0.4, 0.5) is 5.69 Å². The number of rotatable bonds is 0. The largest absolute Gasteiger partial charge is 0.314 e. The highest BCUT2D eigenvalue weighted by molar-refractivity contribution is 6.33. The van der Waals surface area contributed by atoms with Gasteiger partial charge in [-0.25, -0.2) is 0 Å². The van der Waals surface area contributed by atoms with E-state index in [9.17, 15) is 9.59 Å². The fourth-order valence-corrected chi connectivity index (χ4v) is 2.87. The van der Waals surface area contributed by atoms with E-state index >= 15 is 0 Å². The van der Waals surface area contributed by atoms with Crippen LogP contribution in [0.2, 0.25) is 5.02 Å². The van der Waals surface area contributed by atoms with Gasteiger partial charge in [0.05, 0.1) is 0 Å². The molecule has 1 spiro atoms.